The Balaban J connectivity index is 1.79. The second-order valence-corrected chi connectivity index (χ2v) is 8.03. The number of rotatable bonds is 6. The molecule has 1 aliphatic heterocycles. The Morgan fingerprint density at radius 1 is 1.37 bits per heavy atom. The van der Waals surface area contributed by atoms with Gasteiger partial charge in [0.05, 0.1) is 18.4 Å². The first-order chi connectivity index (χ1) is 13.0. The van der Waals surface area contributed by atoms with Crippen LogP contribution in [0.1, 0.15) is 29.4 Å². The van der Waals surface area contributed by atoms with Crippen LogP contribution >= 0.6 is 23.4 Å². The lowest BCUT2D eigenvalue weighted by Crippen LogP contribution is -2.27. The quantitative estimate of drug-likeness (QED) is 0.783. The van der Waals surface area contributed by atoms with Crippen LogP contribution in [0.15, 0.2) is 40.4 Å². The molecular weight excluding hydrogens is 380 g/mol. The molecule has 0 aliphatic carbocycles. The number of ether oxygens (including phenoxy) is 1. The molecule has 7 heteroatoms. The van der Waals surface area contributed by atoms with Gasteiger partial charge in [-0.15, -0.1) is 0 Å². The fourth-order valence-electron chi connectivity index (χ4n) is 3.13. The number of aliphatic imine (C=N–C) groups is 1. The molecule has 5 nitrogen and oxygen atoms in total. The SMILES string of the molecule is COC[C@H](C)N=C1NN=C(c2cc(C)n(Cc3ccccc3Cl)c2C)CS1. The Labute approximate surface area is 169 Å². The van der Waals surface area contributed by atoms with Gasteiger partial charge >= 0.3 is 0 Å². The predicted molar refractivity (Wildman–Crippen MR) is 115 cm³/mol. The zero-order valence-corrected chi connectivity index (χ0v) is 17.7. The van der Waals surface area contributed by atoms with Crippen molar-refractivity contribution in [1.29, 1.82) is 0 Å². The molecule has 1 aromatic carbocycles. The van der Waals surface area contributed by atoms with Gasteiger partial charge in [0.2, 0.25) is 0 Å². The van der Waals surface area contributed by atoms with Crippen LogP contribution in [-0.4, -0.2) is 41.0 Å². The van der Waals surface area contributed by atoms with Crippen molar-refractivity contribution in [3.8, 4) is 0 Å². The summed E-state index contributed by atoms with van der Waals surface area (Å²) >= 11 is 8.01. The van der Waals surface area contributed by atoms with Gasteiger partial charge in [0.1, 0.15) is 0 Å². The standard InChI is InChI=1S/C20H25ClN4OS/c1-13(11-26-4)22-20-24-23-19(12-27-20)17-9-14(2)25(15(17)3)10-16-7-5-6-8-18(16)21/h5-9,13H,10-12H2,1-4H3,(H,22,24)/t13-/m0/s1. The second-order valence-electron chi connectivity index (χ2n) is 6.66. The Bertz CT molecular complexity index is 875. The van der Waals surface area contributed by atoms with Crippen LogP contribution in [-0.2, 0) is 11.3 Å². The monoisotopic (exact) mass is 404 g/mol. The van der Waals surface area contributed by atoms with Gasteiger partial charge in [0.25, 0.3) is 0 Å². The number of hydrazone groups is 1. The molecule has 0 spiro atoms. The third-order valence-electron chi connectivity index (χ3n) is 4.55. The van der Waals surface area contributed by atoms with Crippen molar-refractivity contribution in [2.45, 2.75) is 33.4 Å². The van der Waals surface area contributed by atoms with Gasteiger partial charge < -0.3 is 9.30 Å². The minimum Gasteiger partial charge on any atom is -0.382 e. The molecule has 0 unspecified atom stereocenters. The summed E-state index contributed by atoms with van der Waals surface area (Å²) in [6.07, 6.45) is 0. The van der Waals surface area contributed by atoms with Gasteiger partial charge in [-0.2, -0.15) is 5.10 Å². The third kappa shape index (κ3) is 4.75. The van der Waals surface area contributed by atoms with Crippen molar-refractivity contribution < 1.29 is 4.74 Å². The van der Waals surface area contributed by atoms with E-state index in [1.54, 1.807) is 18.9 Å². The summed E-state index contributed by atoms with van der Waals surface area (Å²) < 4.78 is 7.42. The van der Waals surface area contributed by atoms with Crippen molar-refractivity contribution in [2.75, 3.05) is 19.5 Å². The van der Waals surface area contributed by atoms with E-state index in [1.807, 2.05) is 25.1 Å². The molecule has 144 valence electrons. The molecule has 0 radical (unpaired) electrons. The summed E-state index contributed by atoms with van der Waals surface area (Å²) in [5.74, 6) is 0.794. The number of halogens is 1. The van der Waals surface area contributed by atoms with Crippen molar-refractivity contribution in [2.24, 2.45) is 10.1 Å². The van der Waals surface area contributed by atoms with Gasteiger partial charge in [-0.05, 0) is 38.5 Å². The minimum absolute atomic E-state index is 0.113. The summed E-state index contributed by atoms with van der Waals surface area (Å²) in [6, 6.07) is 10.3. The van der Waals surface area contributed by atoms with E-state index in [9.17, 15) is 0 Å². The molecule has 0 amide bonds. The Kier molecular flexibility index (Phi) is 6.63. The number of amidine groups is 1. The number of aromatic nitrogens is 1. The second kappa shape index (κ2) is 8.95. The fourth-order valence-corrected chi connectivity index (χ4v) is 4.19. The number of thioether (sulfide) groups is 1. The molecule has 0 bridgehead atoms. The molecule has 1 N–H and O–H groups in total. The fraction of sp³-hybridized carbons (Fsp3) is 0.400. The molecule has 1 atom stereocenters. The summed E-state index contributed by atoms with van der Waals surface area (Å²) in [7, 11) is 1.69. The molecule has 2 heterocycles. The average Bonchev–Trinajstić information content (AvgIpc) is 2.92. The van der Waals surface area contributed by atoms with Crippen LogP contribution in [0.25, 0.3) is 0 Å². The highest BCUT2D eigenvalue weighted by molar-refractivity contribution is 8.14. The van der Waals surface area contributed by atoms with Crippen LogP contribution in [0.2, 0.25) is 5.02 Å². The molecule has 1 aliphatic rings. The Morgan fingerprint density at radius 2 is 2.15 bits per heavy atom. The third-order valence-corrected chi connectivity index (χ3v) is 5.81. The van der Waals surface area contributed by atoms with E-state index in [0.29, 0.717) is 6.61 Å². The lowest BCUT2D eigenvalue weighted by atomic mass is 10.1. The highest BCUT2D eigenvalue weighted by Gasteiger charge is 2.19. The average molecular weight is 405 g/mol. The van der Waals surface area contributed by atoms with Crippen molar-refractivity contribution in [3.63, 3.8) is 0 Å². The van der Waals surface area contributed by atoms with Crippen LogP contribution in [0.3, 0.4) is 0 Å². The lowest BCUT2D eigenvalue weighted by molar-refractivity contribution is 0.186. The number of hydrogen-bond acceptors (Lipinski definition) is 4. The predicted octanol–water partition coefficient (Wildman–Crippen LogP) is 4.24. The van der Waals surface area contributed by atoms with E-state index >= 15 is 0 Å². The summed E-state index contributed by atoms with van der Waals surface area (Å²) in [4.78, 5) is 4.58. The van der Waals surface area contributed by atoms with E-state index in [2.05, 4.69) is 46.1 Å². The first-order valence-corrected chi connectivity index (χ1v) is 10.3. The molecule has 0 saturated heterocycles. The molecule has 0 saturated carbocycles. The minimum atomic E-state index is 0.113. The smallest absolute Gasteiger partial charge is 0.177 e. The zero-order chi connectivity index (χ0) is 19.4. The van der Waals surface area contributed by atoms with Gasteiger partial charge in [-0.25, -0.2) is 0 Å². The normalized spacial score (nSPS) is 16.9. The van der Waals surface area contributed by atoms with Crippen LogP contribution < -0.4 is 5.43 Å². The van der Waals surface area contributed by atoms with Crippen molar-refractivity contribution in [3.05, 3.63) is 57.9 Å². The highest BCUT2D eigenvalue weighted by atomic mass is 35.5. The van der Waals surface area contributed by atoms with Crippen molar-refractivity contribution in [1.82, 2.24) is 9.99 Å². The largest absolute Gasteiger partial charge is 0.382 e. The number of aryl methyl sites for hydroxylation is 1. The first kappa shape index (κ1) is 20.0. The summed E-state index contributed by atoms with van der Waals surface area (Å²) in [5.41, 5.74) is 8.81. The molecule has 2 aromatic rings. The van der Waals surface area contributed by atoms with E-state index < -0.39 is 0 Å². The summed E-state index contributed by atoms with van der Waals surface area (Å²) in [6.45, 7) is 7.64. The number of nitrogens with one attached hydrogen (secondary N) is 1. The van der Waals surface area contributed by atoms with Crippen LogP contribution in [0, 0.1) is 13.8 Å². The number of methoxy groups -OCH3 is 1. The van der Waals surface area contributed by atoms with Gasteiger partial charge in [0.15, 0.2) is 5.17 Å². The molecule has 3 rings (SSSR count). The molecule has 1 aromatic heterocycles. The van der Waals surface area contributed by atoms with Gasteiger partial charge in [-0.3, -0.25) is 10.4 Å². The van der Waals surface area contributed by atoms with Gasteiger partial charge in [0, 0.05) is 41.4 Å². The van der Waals surface area contributed by atoms with E-state index in [1.165, 1.54) is 17.0 Å². The Morgan fingerprint density at radius 3 is 2.81 bits per heavy atom. The van der Waals surface area contributed by atoms with E-state index in [0.717, 1.165) is 33.8 Å². The van der Waals surface area contributed by atoms with E-state index in [-0.39, 0.29) is 6.04 Å². The first-order valence-electron chi connectivity index (χ1n) is 8.92. The number of nitrogens with zero attached hydrogens (tertiary/aromatic N) is 3. The maximum Gasteiger partial charge on any atom is 0.177 e. The highest BCUT2D eigenvalue weighted by Crippen LogP contribution is 2.23. The Hall–Kier alpha value is -1.76. The summed E-state index contributed by atoms with van der Waals surface area (Å²) in [5, 5.41) is 6.21. The molecule has 27 heavy (non-hydrogen) atoms. The number of benzene rings is 1. The lowest BCUT2D eigenvalue weighted by Gasteiger charge is -2.17. The van der Waals surface area contributed by atoms with Crippen LogP contribution in [0.4, 0.5) is 0 Å². The van der Waals surface area contributed by atoms with E-state index in [4.69, 9.17) is 16.3 Å². The van der Waals surface area contributed by atoms with Gasteiger partial charge in [-0.1, -0.05) is 41.6 Å². The van der Waals surface area contributed by atoms with Crippen molar-refractivity contribution >= 4 is 34.2 Å². The maximum atomic E-state index is 6.34. The zero-order valence-electron chi connectivity index (χ0n) is 16.1. The van der Waals surface area contributed by atoms with Crippen LogP contribution in [0.5, 0.6) is 0 Å². The topological polar surface area (TPSA) is 50.9 Å². The number of hydrogen-bond donors (Lipinski definition) is 1. The maximum absolute atomic E-state index is 6.34. The molecule has 0 fully saturated rings. The molecular formula is C20H25ClN4OS.